The van der Waals surface area contributed by atoms with E-state index in [0.29, 0.717) is 0 Å². The molecule has 6 heteroatoms. The first-order chi connectivity index (χ1) is 11.5. The van der Waals surface area contributed by atoms with Crippen LogP contribution in [0.2, 0.25) is 0 Å². The molecule has 0 aliphatic rings. The zero-order valence-electron chi connectivity index (χ0n) is 12.8. The van der Waals surface area contributed by atoms with Gasteiger partial charge in [0, 0.05) is 22.6 Å². The number of carbonyl (C=O) groups excluding carboxylic acids is 1. The van der Waals surface area contributed by atoms with Crippen LogP contribution in [0, 0.1) is 11.6 Å². The SMILES string of the molecule is CC(NC(=O)c1csc(-c2ccccc2)n1)c1ccc(F)cc1F. The zero-order chi connectivity index (χ0) is 17.1. The number of hydrogen-bond donors (Lipinski definition) is 1. The van der Waals surface area contributed by atoms with Crippen LogP contribution in [0.3, 0.4) is 0 Å². The normalized spacial score (nSPS) is 12.0. The van der Waals surface area contributed by atoms with E-state index in [1.165, 1.54) is 17.4 Å². The molecule has 1 unspecified atom stereocenters. The Morgan fingerprint density at radius 3 is 2.62 bits per heavy atom. The third-order valence-electron chi connectivity index (χ3n) is 3.53. The van der Waals surface area contributed by atoms with Gasteiger partial charge in [-0.1, -0.05) is 36.4 Å². The lowest BCUT2D eigenvalue weighted by Gasteiger charge is -2.14. The van der Waals surface area contributed by atoms with E-state index in [1.807, 2.05) is 30.3 Å². The molecule has 24 heavy (non-hydrogen) atoms. The minimum absolute atomic E-state index is 0.225. The molecule has 0 fully saturated rings. The van der Waals surface area contributed by atoms with Gasteiger partial charge in [0.2, 0.25) is 0 Å². The average Bonchev–Trinajstić information content (AvgIpc) is 3.05. The summed E-state index contributed by atoms with van der Waals surface area (Å²) >= 11 is 1.36. The molecule has 0 spiro atoms. The van der Waals surface area contributed by atoms with Crippen LogP contribution in [-0.4, -0.2) is 10.9 Å². The number of aromatic nitrogens is 1. The number of nitrogens with zero attached hydrogens (tertiary/aromatic N) is 1. The molecule has 1 aromatic heterocycles. The average molecular weight is 344 g/mol. The first kappa shape index (κ1) is 16.3. The predicted molar refractivity (Wildman–Crippen MR) is 89.8 cm³/mol. The first-order valence-electron chi connectivity index (χ1n) is 7.31. The molecule has 0 saturated heterocycles. The fraction of sp³-hybridized carbons (Fsp3) is 0.111. The summed E-state index contributed by atoms with van der Waals surface area (Å²) in [5.41, 5.74) is 1.43. The second-order valence-corrected chi connectivity index (χ2v) is 6.12. The van der Waals surface area contributed by atoms with E-state index in [2.05, 4.69) is 10.3 Å². The van der Waals surface area contributed by atoms with Gasteiger partial charge in [-0.25, -0.2) is 13.8 Å². The molecule has 0 aliphatic heterocycles. The number of nitrogens with one attached hydrogen (secondary N) is 1. The first-order valence-corrected chi connectivity index (χ1v) is 8.19. The van der Waals surface area contributed by atoms with E-state index in [1.54, 1.807) is 12.3 Å². The van der Waals surface area contributed by atoms with E-state index in [-0.39, 0.29) is 11.3 Å². The van der Waals surface area contributed by atoms with E-state index < -0.39 is 23.6 Å². The summed E-state index contributed by atoms with van der Waals surface area (Å²) in [6.45, 7) is 1.64. The second kappa shape index (κ2) is 6.88. The molecule has 3 rings (SSSR count). The largest absolute Gasteiger partial charge is 0.344 e. The van der Waals surface area contributed by atoms with Crippen molar-refractivity contribution in [2.24, 2.45) is 0 Å². The molecular weight excluding hydrogens is 330 g/mol. The van der Waals surface area contributed by atoms with Crippen LogP contribution < -0.4 is 5.32 Å². The Hall–Kier alpha value is -2.60. The molecule has 3 nitrogen and oxygen atoms in total. The van der Waals surface area contributed by atoms with Gasteiger partial charge < -0.3 is 5.32 Å². The molecule has 122 valence electrons. The smallest absolute Gasteiger partial charge is 0.271 e. The van der Waals surface area contributed by atoms with Crippen molar-refractivity contribution in [2.75, 3.05) is 0 Å². The standard InChI is InChI=1S/C18H14F2N2OS/c1-11(14-8-7-13(19)9-15(14)20)21-17(23)16-10-24-18(22-16)12-5-3-2-4-6-12/h2-11H,1H3,(H,21,23). The molecule has 1 amide bonds. The third kappa shape index (κ3) is 3.49. The lowest BCUT2D eigenvalue weighted by Crippen LogP contribution is -2.27. The number of hydrogen-bond acceptors (Lipinski definition) is 3. The van der Waals surface area contributed by atoms with E-state index >= 15 is 0 Å². The summed E-state index contributed by atoms with van der Waals surface area (Å²) < 4.78 is 26.7. The maximum atomic E-state index is 13.8. The van der Waals surface area contributed by atoms with Gasteiger partial charge in [0.05, 0.1) is 6.04 Å². The van der Waals surface area contributed by atoms with E-state index in [4.69, 9.17) is 0 Å². The molecule has 0 radical (unpaired) electrons. The van der Waals surface area contributed by atoms with E-state index in [0.717, 1.165) is 22.7 Å². The van der Waals surface area contributed by atoms with Gasteiger partial charge >= 0.3 is 0 Å². The van der Waals surface area contributed by atoms with Crippen LogP contribution >= 0.6 is 11.3 Å². The minimum Gasteiger partial charge on any atom is -0.344 e. The number of amides is 1. The Morgan fingerprint density at radius 1 is 1.17 bits per heavy atom. The van der Waals surface area contributed by atoms with Crippen LogP contribution in [0.15, 0.2) is 53.9 Å². The Kier molecular flexibility index (Phi) is 4.66. The topological polar surface area (TPSA) is 42.0 Å². The van der Waals surface area contributed by atoms with Crippen molar-refractivity contribution in [3.05, 3.63) is 76.8 Å². The number of halogens is 2. The molecule has 2 aromatic carbocycles. The Bertz CT molecular complexity index is 864. The zero-order valence-corrected chi connectivity index (χ0v) is 13.6. The van der Waals surface area contributed by atoms with Gasteiger partial charge in [0.15, 0.2) is 0 Å². The van der Waals surface area contributed by atoms with Gasteiger partial charge in [-0.15, -0.1) is 11.3 Å². The monoisotopic (exact) mass is 344 g/mol. The van der Waals surface area contributed by atoms with Gasteiger partial charge in [0.1, 0.15) is 22.3 Å². The highest BCUT2D eigenvalue weighted by atomic mass is 32.1. The minimum atomic E-state index is -0.689. The van der Waals surface area contributed by atoms with Crippen molar-refractivity contribution in [3.8, 4) is 10.6 Å². The molecule has 0 aliphatic carbocycles. The van der Waals surface area contributed by atoms with Crippen LogP contribution in [0.4, 0.5) is 8.78 Å². The maximum Gasteiger partial charge on any atom is 0.271 e. The maximum absolute atomic E-state index is 13.8. The van der Waals surface area contributed by atoms with Crippen molar-refractivity contribution < 1.29 is 13.6 Å². The lowest BCUT2D eigenvalue weighted by molar-refractivity contribution is 0.0935. The Labute approximate surface area is 142 Å². The Morgan fingerprint density at radius 2 is 1.92 bits per heavy atom. The highest BCUT2D eigenvalue weighted by molar-refractivity contribution is 7.13. The highest BCUT2D eigenvalue weighted by Crippen LogP contribution is 2.24. The number of benzene rings is 2. The highest BCUT2D eigenvalue weighted by Gasteiger charge is 2.17. The molecule has 0 saturated carbocycles. The summed E-state index contributed by atoms with van der Waals surface area (Å²) in [6.07, 6.45) is 0. The molecule has 0 bridgehead atoms. The predicted octanol–water partition coefficient (Wildman–Crippen LogP) is 4.58. The van der Waals surface area contributed by atoms with Crippen LogP contribution in [0.5, 0.6) is 0 Å². The van der Waals surface area contributed by atoms with Crippen LogP contribution in [-0.2, 0) is 0 Å². The van der Waals surface area contributed by atoms with Crippen LogP contribution in [0.1, 0.15) is 29.0 Å². The molecular formula is C18H14F2N2OS. The summed E-state index contributed by atoms with van der Waals surface area (Å²) in [7, 11) is 0. The van der Waals surface area contributed by atoms with E-state index in [9.17, 15) is 13.6 Å². The second-order valence-electron chi connectivity index (χ2n) is 5.26. The summed E-state index contributed by atoms with van der Waals surface area (Å²) in [4.78, 5) is 16.6. The number of carbonyl (C=O) groups is 1. The van der Waals surface area contributed by atoms with Crippen LogP contribution in [0.25, 0.3) is 10.6 Å². The summed E-state index contributed by atoms with van der Waals surface area (Å²) in [5, 5.41) is 5.08. The lowest BCUT2D eigenvalue weighted by atomic mass is 10.1. The van der Waals surface area contributed by atoms with Crippen molar-refractivity contribution in [1.29, 1.82) is 0 Å². The number of thiazole rings is 1. The molecule has 3 aromatic rings. The van der Waals surface area contributed by atoms with Gasteiger partial charge in [0.25, 0.3) is 5.91 Å². The van der Waals surface area contributed by atoms with Gasteiger partial charge in [-0.2, -0.15) is 0 Å². The van der Waals surface area contributed by atoms with Gasteiger partial charge in [-0.3, -0.25) is 4.79 Å². The molecule has 1 N–H and O–H groups in total. The molecule has 1 atom stereocenters. The summed E-state index contributed by atoms with van der Waals surface area (Å²) in [6, 6.07) is 12.2. The fourth-order valence-electron chi connectivity index (χ4n) is 2.29. The van der Waals surface area contributed by atoms with Crippen molar-refractivity contribution in [3.63, 3.8) is 0 Å². The molecule has 1 heterocycles. The van der Waals surface area contributed by atoms with Crippen molar-refractivity contribution >= 4 is 17.2 Å². The van der Waals surface area contributed by atoms with Crippen molar-refractivity contribution in [2.45, 2.75) is 13.0 Å². The third-order valence-corrected chi connectivity index (χ3v) is 4.43. The van der Waals surface area contributed by atoms with Gasteiger partial charge in [-0.05, 0) is 13.0 Å². The fourth-order valence-corrected chi connectivity index (χ4v) is 3.10. The van der Waals surface area contributed by atoms with Crippen molar-refractivity contribution in [1.82, 2.24) is 10.3 Å². The summed E-state index contributed by atoms with van der Waals surface area (Å²) in [5.74, 6) is -1.74. The quantitative estimate of drug-likeness (QED) is 0.753. The Balaban J connectivity index is 1.74. The number of rotatable bonds is 4.